The van der Waals surface area contributed by atoms with Crippen molar-refractivity contribution >= 4 is 22.7 Å². The predicted molar refractivity (Wildman–Crippen MR) is 75.5 cm³/mol. The van der Waals surface area contributed by atoms with Gasteiger partial charge in [-0.1, -0.05) is 12.1 Å². The maximum atomic E-state index is 11.2. The number of aliphatic hydroxyl groups excluding tert-OH is 1. The molecule has 7 heteroatoms. The Morgan fingerprint density at radius 2 is 2.19 bits per heavy atom. The Morgan fingerprint density at radius 3 is 2.95 bits per heavy atom. The number of carboxylic acid groups (broad SMARTS) is 1. The van der Waals surface area contributed by atoms with E-state index in [1.54, 1.807) is 12.1 Å². The lowest BCUT2D eigenvalue weighted by atomic mass is 10.1. The van der Waals surface area contributed by atoms with Crippen LogP contribution in [0.5, 0.6) is 0 Å². The Bertz CT molecular complexity index is 676. The van der Waals surface area contributed by atoms with Gasteiger partial charge in [-0.25, -0.2) is 14.8 Å². The van der Waals surface area contributed by atoms with Gasteiger partial charge in [-0.15, -0.1) is 0 Å². The van der Waals surface area contributed by atoms with Crippen LogP contribution in [0.4, 0.5) is 5.82 Å². The molecule has 0 saturated carbocycles. The molecule has 2 aromatic rings. The van der Waals surface area contributed by atoms with Gasteiger partial charge < -0.3 is 19.8 Å². The van der Waals surface area contributed by atoms with Gasteiger partial charge in [-0.05, 0) is 12.1 Å². The molecule has 2 N–H and O–H groups in total. The Labute approximate surface area is 120 Å². The number of fused-ring (bicyclic) bond motifs is 1. The van der Waals surface area contributed by atoms with E-state index in [2.05, 4.69) is 9.97 Å². The van der Waals surface area contributed by atoms with E-state index in [0.29, 0.717) is 31.1 Å². The van der Waals surface area contributed by atoms with Crippen LogP contribution < -0.4 is 4.90 Å². The van der Waals surface area contributed by atoms with Crippen molar-refractivity contribution < 1.29 is 19.7 Å². The summed E-state index contributed by atoms with van der Waals surface area (Å²) >= 11 is 0. The molecule has 1 aromatic carbocycles. The molecule has 0 spiro atoms. The third kappa shape index (κ3) is 2.53. The van der Waals surface area contributed by atoms with E-state index in [4.69, 9.17) is 4.74 Å². The summed E-state index contributed by atoms with van der Waals surface area (Å²) in [6.07, 6.45) is 0. The Morgan fingerprint density at radius 1 is 1.38 bits per heavy atom. The average molecular weight is 289 g/mol. The highest BCUT2D eigenvalue weighted by molar-refractivity contribution is 5.94. The Kier molecular flexibility index (Phi) is 3.68. The number of ether oxygens (including phenoxy) is 1. The SMILES string of the molecule is O=C(O)c1nc(N2CCOCC2CO)c2ccccc2n1. The van der Waals surface area contributed by atoms with Gasteiger partial charge in [-0.3, -0.25) is 0 Å². The lowest BCUT2D eigenvalue weighted by Crippen LogP contribution is -2.48. The lowest BCUT2D eigenvalue weighted by Gasteiger charge is -2.35. The van der Waals surface area contributed by atoms with Crippen molar-refractivity contribution in [3.63, 3.8) is 0 Å². The van der Waals surface area contributed by atoms with E-state index in [9.17, 15) is 15.0 Å². The van der Waals surface area contributed by atoms with Crippen LogP contribution in [0.15, 0.2) is 24.3 Å². The topological polar surface area (TPSA) is 95.8 Å². The number of carboxylic acids is 1. The quantitative estimate of drug-likeness (QED) is 0.850. The van der Waals surface area contributed by atoms with Crippen molar-refractivity contribution in [2.24, 2.45) is 0 Å². The summed E-state index contributed by atoms with van der Waals surface area (Å²) in [4.78, 5) is 21.3. The van der Waals surface area contributed by atoms with Crippen molar-refractivity contribution in [3.8, 4) is 0 Å². The lowest BCUT2D eigenvalue weighted by molar-refractivity contribution is 0.0682. The molecule has 7 nitrogen and oxygen atoms in total. The second kappa shape index (κ2) is 5.63. The average Bonchev–Trinajstić information content (AvgIpc) is 2.53. The van der Waals surface area contributed by atoms with Crippen LogP contribution in [0.3, 0.4) is 0 Å². The minimum atomic E-state index is -1.17. The van der Waals surface area contributed by atoms with Gasteiger partial charge in [0.25, 0.3) is 0 Å². The van der Waals surface area contributed by atoms with Crippen LogP contribution >= 0.6 is 0 Å². The van der Waals surface area contributed by atoms with Gasteiger partial charge in [0.1, 0.15) is 5.82 Å². The summed E-state index contributed by atoms with van der Waals surface area (Å²) in [7, 11) is 0. The van der Waals surface area contributed by atoms with Crippen LogP contribution in [0.2, 0.25) is 0 Å². The fourth-order valence-electron chi connectivity index (χ4n) is 2.46. The number of para-hydroxylation sites is 1. The summed E-state index contributed by atoms with van der Waals surface area (Å²) in [5.41, 5.74) is 0.572. The number of hydrogen-bond acceptors (Lipinski definition) is 6. The van der Waals surface area contributed by atoms with Crippen molar-refractivity contribution in [2.75, 3.05) is 31.3 Å². The molecule has 1 aliphatic heterocycles. The predicted octanol–water partition coefficient (Wildman–Crippen LogP) is 0.525. The molecule has 1 aromatic heterocycles. The standard InChI is InChI=1S/C14H15N3O4/c18-7-9-8-21-6-5-17(9)13-10-3-1-2-4-11(10)15-12(16-13)14(19)20/h1-4,9,18H,5-8H2,(H,19,20). The van der Waals surface area contributed by atoms with Gasteiger partial charge >= 0.3 is 5.97 Å². The molecule has 0 radical (unpaired) electrons. The van der Waals surface area contributed by atoms with E-state index in [-0.39, 0.29) is 18.5 Å². The number of aromatic carboxylic acids is 1. The number of morpholine rings is 1. The van der Waals surface area contributed by atoms with E-state index in [1.807, 2.05) is 17.0 Å². The third-order valence-corrected chi connectivity index (χ3v) is 3.48. The molecule has 0 bridgehead atoms. The zero-order valence-electron chi connectivity index (χ0n) is 11.3. The first-order valence-corrected chi connectivity index (χ1v) is 6.66. The summed E-state index contributed by atoms with van der Waals surface area (Å²) < 4.78 is 5.35. The normalized spacial score (nSPS) is 18.9. The largest absolute Gasteiger partial charge is 0.475 e. The molecule has 2 heterocycles. The Balaban J connectivity index is 2.17. The van der Waals surface area contributed by atoms with Gasteiger partial charge in [0, 0.05) is 11.9 Å². The highest BCUT2D eigenvalue weighted by Crippen LogP contribution is 2.26. The van der Waals surface area contributed by atoms with Gasteiger partial charge in [0.2, 0.25) is 5.82 Å². The zero-order chi connectivity index (χ0) is 14.8. The number of hydrogen-bond donors (Lipinski definition) is 2. The summed E-state index contributed by atoms with van der Waals surface area (Å²) in [5, 5.41) is 19.4. The maximum absolute atomic E-state index is 11.2. The first-order valence-electron chi connectivity index (χ1n) is 6.66. The first-order chi connectivity index (χ1) is 10.2. The number of rotatable bonds is 3. The number of anilines is 1. The molecule has 0 aliphatic carbocycles. The number of benzene rings is 1. The summed E-state index contributed by atoms with van der Waals surface area (Å²) in [5.74, 6) is -0.886. The van der Waals surface area contributed by atoms with Crippen molar-refractivity contribution in [2.45, 2.75) is 6.04 Å². The van der Waals surface area contributed by atoms with E-state index in [0.717, 1.165) is 5.39 Å². The summed E-state index contributed by atoms with van der Waals surface area (Å²) in [6.45, 7) is 1.36. The van der Waals surface area contributed by atoms with Crippen molar-refractivity contribution in [1.29, 1.82) is 0 Å². The fourth-order valence-corrected chi connectivity index (χ4v) is 2.46. The van der Waals surface area contributed by atoms with E-state index >= 15 is 0 Å². The molecular weight excluding hydrogens is 274 g/mol. The van der Waals surface area contributed by atoms with Crippen LogP contribution in [0, 0.1) is 0 Å². The zero-order valence-corrected chi connectivity index (χ0v) is 11.3. The molecule has 1 saturated heterocycles. The van der Waals surface area contributed by atoms with Crippen LogP contribution in [0.25, 0.3) is 10.9 Å². The van der Waals surface area contributed by atoms with E-state index in [1.165, 1.54) is 0 Å². The molecule has 1 atom stereocenters. The van der Waals surface area contributed by atoms with Crippen LogP contribution in [-0.4, -0.2) is 58.6 Å². The minimum absolute atomic E-state index is 0.0826. The first kappa shape index (κ1) is 13.7. The molecule has 1 unspecified atom stereocenters. The summed E-state index contributed by atoms with van der Waals surface area (Å²) in [6, 6.07) is 7.01. The molecule has 1 aliphatic rings. The highest BCUT2D eigenvalue weighted by Gasteiger charge is 2.26. The van der Waals surface area contributed by atoms with Gasteiger partial charge in [0.15, 0.2) is 0 Å². The second-order valence-electron chi connectivity index (χ2n) is 4.80. The molecule has 21 heavy (non-hydrogen) atoms. The van der Waals surface area contributed by atoms with Crippen molar-refractivity contribution in [1.82, 2.24) is 9.97 Å². The molecular formula is C14H15N3O4. The van der Waals surface area contributed by atoms with Crippen molar-refractivity contribution in [3.05, 3.63) is 30.1 Å². The smallest absolute Gasteiger partial charge is 0.374 e. The second-order valence-corrected chi connectivity index (χ2v) is 4.80. The van der Waals surface area contributed by atoms with E-state index < -0.39 is 5.97 Å². The maximum Gasteiger partial charge on any atom is 0.374 e. The van der Waals surface area contributed by atoms with Crippen LogP contribution in [-0.2, 0) is 4.74 Å². The number of nitrogens with zero attached hydrogens (tertiary/aromatic N) is 3. The van der Waals surface area contributed by atoms with Gasteiger partial charge in [0.05, 0.1) is 31.4 Å². The highest BCUT2D eigenvalue weighted by atomic mass is 16.5. The number of carbonyl (C=O) groups is 1. The molecule has 1 fully saturated rings. The number of aliphatic hydroxyl groups is 1. The number of aromatic nitrogens is 2. The molecule has 110 valence electrons. The fraction of sp³-hybridized carbons (Fsp3) is 0.357. The molecule has 3 rings (SSSR count). The molecule has 0 amide bonds. The van der Waals surface area contributed by atoms with Gasteiger partial charge in [-0.2, -0.15) is 0 Å². The third-order valence-electron chi connectivity index (χ3n) is 3.48. The monoisotopic (exact) mass is 289 g/mol. The Hall–Kier alpha value is -2.25. The minimum Gasteiger partial charge on any atom is -0.475 e. The van der Waals surface area contributed by atoms with Crippen LogP contribution in [0.1, 0.15) is 10.6 Å².